The molecule has 0 spiro atoms. The zero-order chi connectivity index (χ0) is 23.5. The zero-order valence-electron chi connectivity index (χ0n) is 16.6. The molecule has 3 aromatic rings. The van der Waals surface area contributed by atoms with E-state index < -0.39 is 5.91 Å². The van der Waals surface area contributed by atoms with Gasteiger partial charge in [-0.1, -0.05) is 48.0 Å². The number of carbonyl (C=O) groups excluding carboxylic acids is 1. The van der Waals surface area contributed by atoms with Crippen molar-refractivity contribution >= 4 is 28.1 Å². The number of primary amides is 1. The van der Waals surface area contributed by atoms with Crippen molar-refractivity contribution in [3.05, 3.63) is 119 Å². The Balaban J connectivity index is 0.000000258. The summed E-state index contributed by atoms with van der Waals surface area (Å²) in [4.78, 5) is 11.0. The number of nitriles is 2. The molecule has 7 heteroatoms. The Morgan fingerprint density at radius 3 is 1.50 bits per heavy atom. The number of amides is 1. The van der Waals surface area contributed by atoms with E-state index in [0.29, 0.717) is 21.7 Å². The van der Waals surface area contributed by atoms with Crippen LogP contribution in [0.5, 0.6) is 0 Å². The molecule has 3 rings (SSSR count). The Kier molecular flexibility index (Phi) is 8.86. The highest BCUT2D eigenvalue weighted by molar-refractivity contribution is 6.48. The first-order chi connectivity index (χ1) is 15.3. The predicted molar refractivity (Wildman–Crippen MR) is 120 cm³/mol. The topological polar surface area (TPSA) is 90.7 Å². The highest BCUT2D eigenvalue weighted by atomic mass is 35.5. The van der Waals surface area contributed by atoms with Crippen LogP contribution in [0.4, 0.5) is 8.78 Å². The van der Waals surface area contributed by atoms with Gasteiger partial charge in [-0.05, 0) is 58.7 Å². The number of allylic oxidation sites excluding steroid dienone is 2. The summed E-state index contributed by atoms with van der Waals surface area (Å²) in [6, 6.07) is 21.8. The summed E-state index contributed by atoms with van der Waals surface area (Å²) in [5.41, 5.74) is 8.34. The van der Waals surface area contributed by atoms with Crippen molar-refractivity contribution in [2.75, 3.05) is 0 Å². The van der Waals surface area contributed by atoms with Crippen molar-refractivity contribution < 1.29 is 13.6 Å². The molecule has 1 amide bonds. The summed E-state index contributed by atoms with van der Waals surface area (Å²) in [5.74, 6) is -1.17. The van der Waals surface area contributed by atoms with Crippen LogP contribution in [0.2, 0.25) is 0 Å². The number of nitrogens with zero attached hydrogens (tertiary/aromatic N) is 2. The Morgan fingerprint density at radius 2 is 1.09 bits per heavy atom. The first kappa shape index (κ1) is 24.0. The van der Waals surface area contributed by atoms with E-state index in [-0.39, 0.29) is 11.6 Å². The van der Waals surface area contributed by atoms with Crippen molar-refractivity contribution in [3.63, 3.8) is 0 Å². The molecule has 0 atom stereocenters. The number of nitrogens with two attached hydrogens (primary N) is 1. The average molecular weight is 448 g/mol. The molecular weight excluding hydrogens is 432 g/mol. The molecule has 32 heavy (non-hydrogen) atoms. The van der Waals surface area contributed by atoms with Gasteiger partial charge in [-0.2, -0.15) is 10.5 Å². The molecule has 4 nitrogen and oxygen atoms in total. The molecule has 0 unspecified atom stereocenters. The number of hydrogen-bond acceptors (Lipinski definition) is 3. The fraction of sp³-hybridized carbons (Fsp3) is 0. The lowest BCUT2D eigenvalue weighted by atomic mass is 9.97. The second kappa shape index (κ2) is 11.8. The van der Waals surface area contributed by atoms with E-state index in [4.69, 9.17) is 27.9 Å². The van der Waals surface area contributed by atoms with Gasteiger partial charge in [0.2, 0.25) is 5.91 Å². The molecule has 2 N–H and O–H groups in total. The molecule has 3 aromatic carbocycles. The third-order valence-corrected chi connectivity index (χ3v) is 4.48. The molecule has 0 bridgehead atoms. The second-order valence-corrected chi connectivity index (χ2v) is 6.67. The summed E-state index contributed by atoms with van der Waals surface area (Å²) in [6.45, 7) is 0. The lowest BCUT2D eigenvalue weighted by Crippen LogP contribution is -2.10. The molecule has 0 saturated heterocycles. The van der Waals surface area contributed by atoms with E-state index in [1.165, 1.54) is 48.6 Å². The SMILES string of the molecule is N#C/C=C(/c1ccc(F)cc1)c1ccc(C(N)=O)cc1.N#CC=C(Cl)c1ccc(F)cc1. The summed E-state index contributed by atoms with van der Waals surface area (Å²) in [6.07, 6.45) is 2.58. The van der Waals surface area contributed by atoms with Crippen molar-refractivity contribution in [2.45, 2.75) is 0 Å². The normalized spacial score (nSPS) is 10.9. The van der Waals surface area contributed by atoms with E-state index in [1.54, 1.807) is 42.5 Å². The number of benzene rings is 3. The van der Waals surface area contributed by atoms with E-state index in [0.717, 1.165) is 11.1 Å². The first-order valence-corrected chi connectivity index (χ1v) is 9.50. The standard InChI is InChI=1S/C16H11FN2O.C9H5ClFN/c17-14-7-5-12(6-8-14)15(9-10-18)11-1-3-13(4-2-11)16(19)20;10-9(5-6-12)7-1-3-8(11)4-2-7/h1-9H,(H2,19,20);1-5H/b15-9+;. The highest BCUT2D eigenvalue weighted by Crippen LogP contribution is 2.24. The van der Waals surface area contributed by atoms with Crippen LogP contribution in [0, 0.1) is 34.3 Å². The summed E-state index contributed by atoms with van der Waals surface area (Å²) < 4.78 is 25.4. The summed E-state index contributed by atoms with van der Waals surface area (Å²) in [5, 5.41) is 17.5. The van der Waals surface area contributed by atoms with Gasteiger partial charge in [0.25, 0.3) is 0 Å². The predicted octanol–water partition coefficient (Wildman–Crippen LogP) is 5.81. The number of carbonyl (C=O) groups is 1. The summed E-state index contributed by atoms with van der Waals surface area (Å²) in [7, 11) is 0. The van der Waals surface area contributed by atoms with Gasteiger partial charge in [-0.15, -0.1) is 0 Å². The van der Waals surface area contributed by atoms with Gasteiger partial charge in [0.15, 0.2) is 0 Å². The van der Waals surface area contributed by atoms with Crippen molar-refractivity contribution in [1.82, 2.24) is 0 Å². The lowest BCUT2D eigenvalue weighted by molar-refractivity contribution is 0.100. The molecule has 0 radical (unpaired) electrons. The van der Waals surface area contributed by atoms with E-state index in [2.05, 4.69) is 0 Å². The zero-order valence-corrected chi connectivity index (χ0v) is 17.4. The molecule has 0 heterocycles. The van der Waals surface area contributed by atoms with E-state index in [9.17, 15) is 13.6 Å². The van der Waals surface area contributed by atoms with Crippen LogP contribution in [0.1, 0.15) is 27.0 Å². The molecule has 0 aliphatic carbocycles. The monoisotopic (exact) mass is 447 g/mol. The van der Waals surface area contributed by atoms with Gasteiger partial charge < -0.3 is 5.73 Å². The molecule has 0 saturated carbocycles. The minimum absolute atomic E-state index is 0.317. The Labute approximate surface area is 189 Å². The Morgan fingerprint density at radius 1 is 0.719 bits per heavy atom. The average Bonchev–Trinajstić information content (AvgIpc) is 2.79. The van der Waals surface area contributed by atoms with E-state index >= 15 is 0 Å². The van der Waals surface area contributed by atoms with Crippen LogP contribution in [0.3, 0.4) is 0 Å². The van der Waals surface area contributed by atoms with Crippen LogP contribution < -0.4 is 5.73 Å². The molecule has 0 fully saturated rings. The fourth-order valence-corrected chi connectivity index (χ4v) is 2.77. The molecule has 0 aliphatic rings. The van der Waals surface area contributed by atoms with Crippen LogP contribution >= 0.6 is 11.6 Å². The van der Waals surface area contributed by atoms with Gasteiger partial charge in [-0.3, -0.25) is 4.79 Å². The maximum Gasteiger partial charge on any atom is 0.248 e. The third-order valence-electron chi connectivity index (χ3n) is 4.16. The number of halogens is 3. The smallest absolute Gasteiger partial charge is 0.248 e. The van der Waals surface area contributed by atoms with Gasteiger partial charge in [0, 0.05) is 17.7 Å². The molecule has 0 aliphatic heterocycles. The maximum atomic E-state index is 12.9. The molecular formula is C25H16ClF2N3O. The van der Waals surface area contributed by atoms with Crippen molar-refractivity contribution in [3.8, 4) is 12.1 Å². The van der Waals surface area contributed by atoms with Crippen LogP contribution in [-0.2, 0) is 0 Å². The largest absolute Gasteiger partial charge is 0.366 e. The van der Waals surface area contributed by atoms with Crippen LogP contribution in [0.25, 0.3) is 10.6 Å². The minimum Gasteiger partial charge on any atom is -0.366 e. The van der Waals surface area contributed by atoms with Gasteiger partial charge in [-0.25, -0.2) is 8.78 Å². The van der Waals surface area contributed by atoms with Gasteiger partial charge in [0.05, 0.1) is 17.2 Å². The van der Waals surface area contributed by atoms with Crippen LogP contribution in [-0.4, -0.2) is 5.91 Å². The Bertz CT molecular complexity index is 1220. The third kappa shape index (κ3) is 6.91. The summed E-state index contributed by atoms with van der Waals surface area (Å²) >= 11 is 5.67. The van der Waals surface area contributed by atoms with Gasteiger partial charge >= 0.3 is 0 Å². The molecule has 0 aromatic heterocycles. The number of hydrogen-bond donors (Lipinski definition) is 1. The Hall–Kier alpha value is -4.26. The van der Waals surface area contributed by atoms with E-state index in [1.807, 2.05) is 6.07 Å². The fourth-order valence-electron chi connectivity index (χ4n) is 2.59. The van der Waals surface area contributed by atoms with Crippen LogP contribution in [0.15, 0.2) is 84.9 Å². The van der Waals surface area contributed by atoms with Crippen molar-refractivity contribution in [1.29, 1.82) is 10.5 Å². The lowest BCUT2D eigenvalue weighted by Gasteiger charge is -2.07. The number of rotatable bonds is 4. The maximum absolute atomic E-state index is 12.9. The highest BCUT2D eigenvalue weighted by Gasteiger charge is 2.07. The van der Waals surface area contributed by atoms with Gasteiger partial charge in [0.1, 0.15) is 11.6 Å². The first-order valence-electron chi connectivity index (χ1n) is 9.13. The molecule has 158 valence electrons. The second-order valence-electron chi connectivity index (χ2n) is 6.26. The van der Waals surface area contributed by atoms with Crippen molar-refractivity contribution in [2.24, 2.45) is 5.73 Å². The minimum atomic E-state index is -0.510. The quantitative estimate of drug-likeness (QED) is 0.511.